The Morgan fingerprint density at radius 2 is 2.11 bits per heavy atom. The van der Waals surface area contributed by atoms with Crippen LogP contribution in [0.5, 0.6) is 0 Å². The maximum Gasteiger partial charge on any atom is 0.410 e. The highest BCUT2D eigenvalue weighted by atomic mass is 16.6. The summed E-state index contributed by atoms with van der Waals surface area (Å²) in [6.45, 7) is 6.66. The molecule has 2 aliphatic rings. The van der Waals surface area contributed by atoms with Crippen LogP contribution in [-0.2, 0) is 14.3 Å². The van der Waals surface area contributed by atoms with Gasteiger partial charge in [-0.3, -0.25) is 4.79 Å². The van der Waals surface area contributed by atoms with E-state index in [1.165, 1.54) is 0 Å². The number of hydrogen-bond acceptors (Lipinski definition) is 4. The molecule has 2 rings (SSSR count). The van der Waals surface area contributed by atoms with Gasteiger partial charge in [0.1, 0.15) is 5.60 Å². The normalized spacial score (nSPS) is 30.9. The second kappa shape index (κ2) is 4.67. The first kappa shape index (κ1) is 14.1. The molecule has 1 N–H and O–H groups in total. The molecule has 0 saturated carbocycles. The van der Waals surface area contributed by atoms with E-state index >= 15 is 0 Å². The number of likely N-dealkylation sites (tertiary alicyclic amines) is 1. The van der Waals surface area contributed by atoms with Crippen molar-refractivity contribution < 1.29 is 24.2 Å². The third-order valence-corrected chi connectivity index (χ3v) is 3.65. The molecular formula is C13H21NO5. The van der Waals surface area contributed by atoms with Crippen molar-refractivity contribution in [2.24, 2.45) is 5.92 Å². The summed E-state index contributed by atoms with van der Waals surface area (Å²) in [5.41, 5.74) is -1.03. The average Bonchev–Trinajstić information content (AvgIpc) is 2.25. The molecule has 0 aromatic rings. The van der Waals surface area contributed by atoms with Crippen LogP contribution in [0.1, 0.15) is 33.6 Å². The lowest BCUT2D eigenvalue weighted by Crippen LogP contribution is -2.67. The molecule has 2 unspecified atom stereocenters. The molecule has 1 spiro atoms. The van der Waals surface area contributed by atoms with E-state index < -0.39 is 23.0 Å². The Bertz CT molecular complexity index is 389. The Hall–Kier alpha value is -1.30. The Kier molecular flexibility index (Phi) is 3.47. The zero-order valence-electron chi connectivity index (χ0n) is 11.6. The summed E-state index contributed by atoms with van der Waals surface area (Å²) in [7, 11) is 0. The minimum atomic E-state index is -0.866. The van der Waals surface area contributed by atoms with Crippen LogP contribution in [0.15, 0.2) is 0 Å². The number of ether oxygens (including phenoxy) is 2. The minimum absolute atomic E-state index is 0.221. The predicted molar refractivity (Wildman–Crippen MR) is 66.8 cm³/mol. The summed E-state index contributed by atoms with van der Waals surface area (Å²) in [6.07, 6.45) is 0.839. The molecule has 0 radical (unpaired) electrons. The van der Waals surface area contributed by atoms with Gasteiger partial charge in [-0.25, -0.2) is 4.79 Å². The number of hydrogen-bond donors (Lipinski definition) is 1. The smallest absolute Gasteiger partial charge is 0.410 e. The first-order valence-electron chi connectivity index (χ1n) is 6.55. The van der Waals surface area contributed by atoms with Gasteiger partial charge in [0.25, 0.3) is 0 Å². The molecule has 0 bridgehead atoms. The Labute approximate surface area is 112 Å². The van der Waals surface area contributed by atoms with E-state index in [4.69, 9.17) is 14.6 Å². The second-order valence-corrected chi connectivity index (χ2v) is 6.36. The molecule has 1 amide bonds. The SMILES string of the molecule is CC(C)(C)OC(=O)N1CCC12COCC(C(=O)O)C2. The molecule has 6 nitrogen and oxygen atoms in total. The number of carboxylic acids is 1. The molecule has 2 saturated heterocycles. The molecule has 0 aliphatic carbocycles. The number of nitrogens with zero attached hydrogens (tertiary/aromatic N) is 1. The molecule has 108 valence electrons. The van der Waals surface area contributed by atoms with E-state index in [0.29, 0.717) is 19.6 Å². The van der Waals surface area contributed by atoms with Gasteiger partial charge in [-0.05, 0) is 33.6 Å². The summed E-state index contributed by atoms with van der Waals surface area (Å²) in [4.78, 5) is 24.8. The number of rotatable bonds is 1. The quantitative estimate of drug-likeness (QED) is 0.782. The van der Waals surface area contributed by atoms with Gasteiger partial charge in [0.15, 0.2) is 0 Å². The van der Waals surface area contributed by atoms with Crippen molar-refractivity contribution in [2.45, 2.75) is 44.8 Å². The van der Waals surface area contributed by atoms with E-state index in [2.05, 4.69) is 0 Å². The topological polar surface area (TPSA) is 76.1 Å². The Morgan fingerprint density at radius 3 is 2.58 bits per heavy atom. The van der Waals surface area contributed by atoms with Gasteiger partial charge in [0, 0.05) is 6.54 Å². The fourth-order valence-electron chi connectivity index (χ4n) is 2.63. The largest absolute Gasteiger partial charge is 0.481 e. The van der Waals surface area contributed by atoms with Gasteiger partial charge >= 0.3 is 12.1 Å². The molecular weight excluding hydrogens is 250 g/mol. The maximum absolute atomic E-state index is 12.1. The zero-order valence-corrected chi connectivity index (χ0v) is 11.6. The monoisotopic (exact) mass is 271 g/mol. The van der Waals surface area contributed by atoms with Crippen molar-refractivity contribution in [2.75, 3.05) is 19.8 Å². The van der Waals surface area contributed by atoms with Gasteiger partial charge in [-0.15, -0.1) is 0 Å². The van der Waals surface area contributed by atoms with E-state index in [0.717, 1.165) is 6.42 Å². The molecule has 19 heavy (non-hydrogen) atoms. The van der Waals surface area contributed by atoms with Crippen LogP contribution in [0.4, 0.5) is 4.79 Å². The highest BCUT2D eigenvalue weighted by Gasteiger charge is 2.53. The highest BCUT2D eigenvalue weighted by Crippen LogP contribution is 2.40. The van der Waals surface area contributed by atoms with Crippen LogP contribution in [0, 0.1) is 5.92 Å². The van der Waals surface area contributed by atoms with Crippen LogP contribution >= 0.6 is 0 Å². The van der Waals surface area contributed by atoms with Crippen LogP contribution in [-0.4, -0.2) is 53.0 Å². The van der Waals surface area contributed by atoms with Crippen LogP contribution in [0.3, 0.4) is 0 Å². The van der Waals surface area contributed by atoms with Crippen molar-refractivity contribution in [3.8, 4) is 0 Å². The Balaban J connectivity index is 2.04. The molecule has 0 aromatic carbocycles. The number of aliphatic carboxylic acids is 1. The maximum atomic E-state index is 12.1. The van der Waals surface area contributed by atoms with Crippen molar-refractivity contribution in [3.05, 3.63) is 0 Å². The van der Waals surface area contributed by atoms with Crippen LogP contribution < -0.4 is 0 Å². The van der Waals surface area contributed by atoms with E-state index in [-0.39, 0.29) is 12.7 Å². The summed E-state index contributed by atoms with van der Waals surface area (Å²) in [5.74, 6) is -1.41. The zero-order chi connectivity index (χ0) is 14.3. The lowest BCUT2D eigenvalue weighted by Gasteiger charge is -2.54. The lowest BCUT2D eigenvalue weighted by molar-refractivity contribution is -0.161. The van der Waals surface area contributed by atoms with E-state index in [1.54, 1.807) is 4.90 Å². The fraction of sp³-hybridized carbons (Fsp3) is 0.846. The summed E-state index contributed by atoms with van der Waals surface area (Å²) in [6, 6.07) is 0. The first-order chi connectivity index (χ1) is 8.73. The van der Waals surface area contributed by atoms with Gasteiger partial charge in [-0.2, -0.15) is 0 Å². The second-order valence-electron chi connectivity index (χ2n) is 6.36. The van der Waals surface area contributed by atoms with E-state index in [9.17, 15) is 9.59 Å². The van der Waals surface area contributed by atoms with Crippen molar-refractivity contribution >= 4 is 12.1 Å². The van der Waals surface area contributed by atoms with Crippen molar-refractivity contribution in [1.29, 1.82) is 0 Å². The molecule has 6 heteroatoms. The van der Waals surface area contributed by atoms with Crippen molar-refractivity contribution in [1.82, 2.24) is 4.90 Å². The summed E-state index contributed by atoms with van der Waals surface area (Å²) in [5, 5.41) is 9.09. The molecule has 2 heterocycles. The lowest BCUT2D eigenvalue weighted by atomic mass is 9.76. The average molecular weight is 271 g/mol. The third-order valence-electron chi connectivity index (χ3n) is 3.65. The highest BCUT2D eigenvalue weighted by molar-refractivity contribution is 5.73. The number of carboxylic acid groups (broad SMARTS) is 1. The van der Waals surface area contributed by atoms with E-state index in [1.807, 2.05) is 20.8 Å². The Morgan fingerprint density at radius 1 is 1.42 bits per heavy atom. The van der Waals surface area contributed by atoms with Gasteiger partial charge in [-0.1, -0.05) is 0 Å². The van der Waals surface area contributed by atoms with Crippen LogP contribution in [0.25, 0.3) is 0 Å². The summed E-state index contributed by atoms with van der Waals surface area (Å²) < 4.78 is 10.7. The van der Waals surface area contributed by atoms with Crippen molar-refractivity contribution in [3.63, 3.8) is 0 Å². The molecule has 2 atom stereocenters. The van der Waals surface area contributed by atoms with Gasteiger partial charge in [0.2, 0.25) is 0 Å². The van der Waals surface area contributed by atoms with Crippen LogP contribution in [0.2, 0.25) is 0 Å². The fourth-order valence-corrected chi connectivity index (χ4v) is 2.63. The number of carbonyl (C=O) groups is 2. The third kappa shape index (κ3) is 2.83. The predicted octanol–water partition coefficient (Wildman–Crippen LogP) is 1.49. The molecule has 2 aliphatic heterocycles. The molecule has 0 aromatic heterocycles. The van der Waals surface area contributed by atoms with Gasteiger partial charge < -0.3 is 19.5 Å². The number of amides is 1. The minimum Gasteiger partial charge on any atom is -0.481 e. The standard InChI is InChI=1S/C13H21NO5/c1-12(2,3)19-11(17)14-5-4-13(14)6-9(10(15)16)7-18-8-13/h9H,4-8H2,1-3H3,(H,15,16). The number of carbonyl (C=O) groups excluding carboxylic acids is 1. The summed E-state index contributed by atoms with van der Waals surface area (Å²) >= 11 is 0. The van der Waals surface area contributed by atoms with Gasteiger partial charge in [0.05, 0.1) is 24.7 Å². The first-order valence-corrected chi connectivity index (χ1v) is 6.55. The molecule has 2 fully saturated rings.